The molecule has 0 radical (unpaired) electrons. The number of carbonyl (C=O) groups excluding carboxylic acids is 1. The van der Waals surface area contributed by atoms with Crippen LogP contribution in [0.1, 0.15) is 34.1 Å². The molecule has 0 aromatic heterocycles. The summed E-state index contributed by atoms with van der Waals surface area (Å²) in [5.41, 5.74) is -1.18. The highest BCUT2D eigenvalue weighted by Gasteiger charge is 2.50. The van der Waals surface area contributed by atoms with E-state index in [1.807, 2.05) is 26.8 Å². The van der Waals surface area contributed by atoms with Gasteiger partial charge < -0.3 is 49.6 Å². The highest BCUT2D eigenvalue weighted by Crippen LogP contribution is 2.40. The van der Waals surface area contributed by atoms with Crippen molar-refractivity contribution >= 4 is 5.78 Å². The van der Waals surface area contributed by atoms with Crippen LogP contribution in [-0.2, 0) is 23.7 Å². The smallest absolute Gasteiger partial charge is 0.187 e. The number of ketones is 1. The van der Waals surface area contributed by atoms with Gasteiger partial charge in [0, 0.05) is 12.3 Å². The summed E-state index contributed by atoms with van der Waals surface area (Å²) in [4.78, 5) is 11.9. The third-order valence-electron chi connectivity index (χ3n) is 6.95. The highest BCUT2D eigenvalue weighted by atomic mass is 16.7. The molecule has 200 valence electrons. The van der Waals surface area contributed by atoms with Crippen LogP contribution in [0.5, 0.6) is 0 Å². The summed E-state index contributed by atoms with van der Waals surface area (Å²) in [5.74, 6) is 0.116. The molecule has 0 aromatic rings. The van der Waals surface area contributed by atoms with Gasteiger partial charge in [0.05, 0.1) is 25.9 Å². The van der Waals surface area contributed by atoms with Crippen LogP contribution in [0, 0.1) is 11.3 Å². The number of allylic oxidation sites excluding steroid dienone is 3. The molecule has 10 unspecified atom stereocenters. The molecule has 11 heteroatoms. The second kappa shape index (κ2) is 11.0. The molecular formula is C24H38O11. The molecule has 0 aromatic carbocycles. The predicted octanol–water partition coefficient (Wildman–Crippen LogP) is -1.23. The largest absolute Gasteiger partial charge is 0.393 e. The summed E-state index contributed by atoms with van der Waals surface area (Å²) in [5, 5.41) is 60.4. The Balaban J connectivity index is 1.60. The van der Waals surface area contributed by atoms with E-state index in [4.69, 9.17) is 18.9 Å². The summed E-state index contributed by atoms with van der Waals surface area (Å²) in [6.45, 7) is 6.24. The van der Waals surface area contributed by atoms with Gasteiger partial charge in [-0.1, -0.05) is 31.6 Å². The molecule has 0 saturated carbocycles. The van der Waals surface area contributed by atoms with Crippen LogP contribution in [-0.4, -0.2) is 111 Å². The van der Waals surface area contributed by atoms with E-state index in [1.165, 1.54) is 0 Å². The van der Waals surface area contributed by atoms with Crippen LogP contribution in [0.25, 0.3) is 0 Å². The lowest BCUT2D eigenvalue weighted by atomic mass is 9.68. The van der Waals surface area contributed by atoms with Crippen molar-refractivity contribution in [2.24, 2.45) is 11.3 Å². The van der Waals surface area contributed by atoms with E-state index in [0.717, 1.165) is 5.57 Å². The monoisotopic (exact) mass is 502 g/mol. The van der Waals surface area contributed by atoms with E-state index in [0.29, 0.717) is 6.42 Å². The lowest BCUT2D eigenvalue weighted by Crippen LogP contribution is -2.60. The van der Waals surface area contributed by atoms with Crippen molar-refractivity contribution in [3.8, 4) is 0 Å². The number of ether oxygens (including phenoxy) is 4. The number of hydrogen-bond acceptors (Lipinski definition) is 11. The van der Waals surface area contributed by atoms with Crippen molar-refractivity contribution < 1.29 is 54.4 Å². The average Bonchev–Trinajstić information content (AvgIpc) is 3.06. The van der Waals surface area contributed by atoms with Crippen LogP contribution in [0.3, 0.4) is 0 Å². The molecule has 2 aliphatic heterocycles. The zero-order valence-corrected chi connectivity index (χ0v) is 20.5. The fourth-order valence-corrected chi connectivity index (χ4v) is 4.80. The van der Waals surface area contributed by atoms with Gasteiger partial charge in [0.1, 0.15) is 36.1 Å². The van der Waals surface area contributed by atoms with Gasteiger partial charge in [0.2, 0.25) is 0 Å². The molecule has 10 atom stereocenters. The molecule has 0 spiro atoms. The number of aliphatic hydroxyl groups is 6. The van der Waals surface area contributed by atoms with Crippen molar-refractivity contribution in [3.05, 3.63) is 23.8 Å². The maximum Gasteiger partial charge on any atom is 0.187 e. The normalized spacial score (nSPS) is 42.9. The maximum atomic E-state index is 11.9. The van der Waals surface area contributed by atoms with Gasteiger partial charge in [0.15, 0.2) is 18.4 Å². The minimum Gasteiger partial charge on any atom is -0.393 e. The zero-order chi connectivity index (χ0) is 26.1. The molecule has 3 rings (SSSR count). The van der Waals surface area contributed by atoms with Gasteiger partial charge in [-0.3, -0.25) is 4.79 Å². The number of hydrogen-bond donors (Lipinski definition) is 6. The lowest BCUT2D eigenvalue weighted by molar-refractivity contribution is -0.314. The molecule has 0 bridgehead atoms. The summed E-state index contributed by atoms with van der Waals surface area (Å²) in [7, 11) is 0. The van der Waals surface area contributed by atoms with Gasteiger partial charge in [0.25, 0.3) is 0 Å². The summed E-state index contributed by atoms with van der Waals surface area (Å²) in [6, 6.07) is 0. The van der Waals surface area contributed by atoms with Crippen LogP contribution < -0.4 is 0 Å². The molecule has 3 aliphatic rings. The van der Waals surface area contributed by atoms with Gasteiger partial charge in [-0.2, -0.15) is 0 Å². The Bertz CT molecular complexity index is 811. The van der Waals surface area contributed by atoms with E-state index < -0.39 is 61.4 Å². The molecule has 2 fully saturated rings. The third kappa shape index (κ3) is 6.19. The fourth-order valence-electron chi connectivity index (χ4n) is 4.80. The van der Waals surface area contributed by atoms with Crippen molar-refractivity contribution in [2.45, 2.75) is 88.9 Å². The predicted molar refractivity (Wildman–Crippen MR) is 121 cm³/mol. The van der Waals surface area contributed by atoms with Gasteiger partial charge >= 0.3 is 0 Å². The lowest BCUT2D eigenvalue weighted by Gasteiger charge is -2.41. The van der Waals surface area contributed by atoms with Crippen LogP contribution in [0.4, 0.5) is 0 Å². The molecule has 6 N–H and O–H groups in total. The topological polar surface area (TPSA) is 175 Å². The standard InChI is InChI=1S/C24H38O11/c1-12-7-14(26)8-23(3,4)15(12)6-5-13(2)34-21-19(29)18(28)17(27)16(35-21)9-32-22-20(30)24(31,10-25)11-33-22/h5-7,13,15-22,25,27-31H,8-11H2,1-4H3/b6-5+. The number of rotatable bonds is 8. The average molecular weight is 503 g/mol. The molecule has 11 nitrogen and oxygen atoms in total. The summed E-state index contributed by atoms with van der Waals surface area (Å²) in [6.07, 6.45) is -4.60. The Labute approximate surface area is 204 Å². The fraction of sp³-hybridized carbons (Fsp3) is 0.792. The van der Waals surface area contributed by atoms with Crippen molar-refractivity contribution in [1.82, 2.24) is 0 Å². The van der Waals surface area contributed by atoms with E-state index in [1.54, 1.807) is 19.1 Å². The molecule has 0 amide bonds. The number of aliphatic hydroxyl groups excluding tert-OH is 5. The Kier molecular flexibility index (Phi) is 8.91. The molecule has 2 saturated heterocycles. The van der Waals surface area contributed by atoms with Crippen molar-refractivity contribution in [2.75, 3.05) is 19.8 Å². The molecule has 1 aliphatic carbocycles. The molecule has 35 heavy (non-hydrogen) atoms. The second-order valence-electron chi connectivity index (χ2n) is 10.5. The molecule has 2 heterocycles. The first-order chi connectivity index (χ1) is 16.3. The zero-order valence-electron chi connectivity index (χ0n) is 20.5. The number of carbonyl (C=O) groups is 1. The Morgan fingerprint density at radius 3 is 2.46 bits per heavy atom. The van der Waals surface area contributed by atoms with Crippen molar-refractivity contribution in [1.29, 1.82) is 0 Å². The summed E-state index contributed by atoms with van der Waals surface area (Å²) < 4.78 is 22.0. The SMILES string of the molecule is CC1=CC(=O)CC(C)(C)C1/C=C/C(C)OC1OC(COC2OCC(O)(CO)C2O)C(O)C(O)C1O. The summed E-state index contributed by atoms with van der Waals surface area (Å²) >= 11 is 0. The van der Waals surface area contributed by atoms with E-state index in [2.05, 4.69) is 0 Å². The van der Waals surface area contributed by atoms with Gasteiger partial charge in [-0.05, 0) is 25.3 Å². The second-order valence-corrected chi connectivity index (χ2v) is 10.5. The third-order valence-corrected chi connectivity index (χ3v) is 6.95. The van der Waals surface area contributed by atoms with E-state index in [9.17, 15) is 35.4 Å². The van der Waals surface area contributed by atoms with Crippen LogP contribution in [0.2, 0.25) is 0 Å². The minimum atomic E-state index is -1.87. The van der Waals surface area contributed by atoms with Crippen LogP contribution in [0.15, 0.2) is 23.8 Å². The first-order valence-electron chi connectivity index (χ1n) is 11.8. The van der Waals surface area contributed by atoms with Gasteiger partial charge in [-0.15, -0.1) is 0 Å². The Hall–Kier alpha value is -1.25. The quantitative estimate of drug-likeness (QED) is 0.219. The highest BCUT2D eigenvalue weighted by molar-refractivity contribution is 5.92. The molecular weight excluding hydrogens is 464 g/mol. The first kappa shape index (κ1) is 28.3. The Morgan fingerprint density at radius 2 is 1.86 bits per heavy atom. The maximum absolute atomic E-state index is 11.9. The van der Waals surface area contributed by atoms with E-state index in [-0.39, 0.29) is 30.3 Å². The minimum absolute atomic E-state index is 0.0208. The first-order valence-corrected chi connectivity index (χ1v) is 11.8. The van der Waals surface area contributed by atoms with Gasteiger partial charge in [-0.25, -0.2) is 0 Å². The van der Waals surface area contributed by atoms with Crippen molar-refractivity contribution in [3.63, 3.8) is 0 Å². The van der Waals surface area contributed by atoms with E-state index >= 15 is 0 Å². The van der Waals surface area contributed by atoms with Crippen LogP contribution >= 0.6 is 0 Å². The Morgan fingerprint density at radius 1 is 1.17 bits per heavy atom.